The monoisotopic (exact) mass is 200 g/mol. The molecule has 1 atom stereocenters. The van der Waals surface area contributed by atoms with E-state index in [1.54, 1.807) is 7.11 Å². The molecular weight excluding hydrogens is 176 g/mol. The third-order valence-corrected chi connectivity index (χ3v) is 2.86. The first-order valence-corrected chi connectivity index (χ1v) is 5.53. The predicted molar refractivity (Wildman–Crippen MR) is 59.6 cm³/mol. The van der Waals surface area contributed by atoms with E-state index in [4.69, 9.17) is 4.74 Å². The Morgan fingerprint density at radius 2 is 2.21 bits per heavy atom. The van der Waals surface area contributed by atoms with Crippen molar-refractivity contribution in [2.75, 3.05) is 33.4 Å². The molecule has 0 spiro atoms. The molecular formula is C11H24N2O. The van der Waals surface area contributed by atoms with Gasteiger partial charge in [0.05, 0.1) is 6.61 Å². The number of hydrogen-bond donors (Lipinski definition) is 1. The molecule has 3 heteroatoms. The molecule has 1 unspecified atom stereocenters. The minimum atomic E-state index is 0.235. The zero-order valence-electron chi connectivity index (χ0n) is 9.97. The SMILES string of the molecule is COCC(C)N1CCCNC(C)(C)C1. The van der Waals surface area contributed by atoms with Crippen molar-refractivity contribution in [2.45, 2.75) is 38.8 Å². The topological polar surface area (TPSA) is 24.5 Å². The van der Waals surface area contributed by atoms with Gasteiger partial charge in [-0.15, -0.1) is 0 Å². The molecule has 0 aliphatic carbocycles. The normalized spacial score (nSPS) is 25.7. The van der Waals surface area contributed by atoms with Crippen LogP contribution in [-0.4, -0.2) is 49.8 Å². The van der Waals surface area contributed by atoms with Crippen molar-refractivity contribution in [3.8, 4) is 0 Å². The van der Waals surface area contributed by atoms with Gasteiger partial charge in [0.15, 0.2) is 0 Å². The fourth-order valence-corrected chi connectivity index (χ4v) is 2.07. The smallest absolute Gasteiger partial charge is 0.0615 e. The largest absolute Gasteiger partial charge is 0.383 e. The molecule has 84 valence electrons. The van der Waals surface area contributed by atoms with Crippen molar-refractivity contribution in [1.82, 2.24) is 10.2 Å². The number of nitrogens with one attached hydrogen (secondary N) is 1. The molecule has 0 aromatic heterocycles. The summed E-state index contributed by atoms with van der Waals surface area (Å²) in [6, 6.07) is 0.527. The molecule has 1 saturated heterocycles. The molecule has 0 radical (unpaired) electrons. The van der Waals surface area contributed by atoms with E-state index < -0.39 is 0 Å². The van der Waals surface area contributed by atoms with E-state index in [0.717, 1.165) is 19.7 Å². The summed E-state index contributed by atoms with van der Waals surface area (Å²) >= 11 is 0. The van der Waals surface area contributed by atoms with E-state index in [9.17, 15) is 0 Å². The first-order valence-electron chi connectivity index (χ1n) is 5.53. The van der Waals surface area contributed by atoms with Crippen molar-refractivity contribution >= 4 is 0 Å². The van der Waals surface area contributed by atoms with Gasteiger partial charge >= 0.3 is 0 Å². The minimum Gasteiger partial charge on any atom is -0.383 e. The van der Waals surface area contributed by atoms with E-state index in [0.29, 0.717) is 6.04 Å². The quantitative estimate of drug-likeness (QED) is 0.738. The highest BCUT2D eigenvalue weighted by atomic mass is 16.5. The molecule has 0 bridgehead atoms. The molecule has 1 rings (SSSR count). The number of rotatable bonds is 3. The van der Waals surface area contributed by atoms with Crippen molar-refractivity contribution in [3.05, 3.63) is 0 Å². The highest BCUT2D eigenvalue weighted by Gasteiger charge is 2.26. The van der Waals surface area contributed by atoms with Crippen LogP contribution in [0.25, 0.3) is 0 Å². The zero-order chi connectivity index (χ0) is 10.6. The third-order valence-electron chi connectivity index (χ3n) is 2.86. The average Bonchev–Trinajstić information content (AvgIpc) is 2.27. The molecule has 14 heavy (non-hydrogen) atoms. The lowest BCUT2D eigenvalue weighted by molar-refractivity contribution is 0.0901. The Balaban J connectivity index is 2.50. The van der Waals surface area contributed by atoms with Crippen LogP contribution in [0.4, 0.5) is 0 Å². The lowest BCUT2D eigenvalue weighted by atomic mass is 10.1. The summed E-state index contributed by atoms with van der Waals surface area (Å²) < 4.78 is 5.20. The van der Waals surface area contributed by atoms with E-state index in [1.807, 2.05) is 0 Å². The Morgan fingerprint density at radius 1 is 1.50 bits per heavy atom. The second-order valence-electron chi connectivity index (χ2n) is 4.94. The van der Waals surface area contributed by atoms with Crippen molar-refractivity contribution in [3.63, 3.8) is 0 Å². The summed E-state index contributed by atoms with van der Waals surface area (Å²) in [5.41, 5.74) is 0.235. The fourth-order valence-electron chi connectivity index (χ4n) is 2.07. The molecule has 0 saturated carbocycles. The minimum absolute atomic E-state index is 0.235. The van der Waals surface area contributed by atoms with E-state index in [-0.39, 0.29) is 5.54 Å². The van der Waals surface area contributed by atoms with Crippen LogP contribution in [0, 0.1) is 0 Å². The standard InChI is InChI=1S/C11H24N2O/c1-10(8-14-4)13-7-5-6-12-11(2,3)9-13/h10,12H,5-9H2,1-4H3. The average molecular weight is 200 g/mol. The van der Waals surface area contributed by atoms with Gasteiger partial charge in [0.2, 0.25) is 0 Å². The van der Waals surface area contributed by atoms with Gasteiger partial charge in [0.25, 0.3) is 0 Å². The zero-order valence-corrected chi connectivity index (χ0v) is 9.97. The van der Waals surface area contributed by atoms with Crippen LogP contribution in [0.15, 0.2) is 0 Å². The Bertz CT molecular complexity index is 171. The summed E-state index contributed by atoms with van der Waals surface area (Å²) in [6.45, 7) is 11.0. The van der Waals surface area contributed by atoms with Crippen molar-refractivity contribution in [1.29, 1.82) is 0 Å². The van der Waals surface area contributed by atoms with E-state index >= 15 is 0 Å². The molecule has 1 heterocycles. The maximum absolute atomic E-state index is 5.20. The molecule has 1 aliphatic heterocycles. The molecule has 0 aromatic rings. The van der Waals surface area contributed by atoms with E-state index in [1.165, 1.54) is 13.0 Å². The van der Waals surface area contributed by atoms with Crippen LogP contribution in [0.5, 0.6) is 0 Å². The summed E-state index contributed by atoms with van der Waals surface area (Å²) in [5, 5.41) is 3.57. The third kappa shape index (κ3) is 3.56. The Kier molecular flexibility index (Phi) is 4.35. The molecule has 1 fully saturated rings. The number of hydrogen-bond acceptors (Lipinski definition) is 3. The van der Waals surface area contributed by atoms with Gasteiger partial charge in [-0.2, -0.15) is 0 Å². The summed E-state index contributed by atoms with van der Waals surface area (Å²) in [6.07, 6.45) is 1.23. The van der Waals surface area contributed by atoms with Crippen LogP contribution in [-0.2, 0) is 4.74 Å². The van der Waals surface area contributed by atoms with Crippen LogP contribution < -0.4 is 5.32 Å². The first kappa shape index (κ1) is 12.0. The maximum atomic E-state index is 5.20. The summed E-state index contributed by atoms with van der Waals surface area (Å²) in [7, 11) is 1.78. The van der Waals surface area contributed by atoms with Gasteiger partial charge in [-0.05, 0) is 40.3 Å². The molecule has 3 nitrogen and oxygen atoms in total. The Labute approximate surface area is 87.8 Å². The summed E-state index contributed by atoms with van der Waals surface area (Å²) in [5.74, 6) is 0. The van der Waals surface area contributed by atoms with Gasteiger partial charge in [0.1, 0.15) is 0 Å². The van der Waals surface area contributed by atoms with Crippen LogP contribution in [0.3, 0.4) is 0 Å². The highest BCUT2D eigenvalue weighted by molar-refractivity contribution is 4.86. The number of ether oxygens (including phenoxy) is 1. The van der Waals surface area contributed by atoms with E-state index in [2.05, 4.69) is 31.0 Å². The van der Waals surface area contributed by atoms with Crippen LogP contribution >= 0.6 is 0 Å². The Morgan fingerprint density at radius 3 is 2.86 bits per heavy atom. The second-order valence-corrected chi connectivity index (χ2v) is 4.94. The molecule has 1 aliphatic rings. The number of nitrogens with zero attached hydrogens (tertiary/aromatic N) is 1. The molecule has 0 aromatic carbocycles. The lowest BCUT2D eigenvalue weighted by Gasteiger charge is -2.33. The summed E-state index contributed by atoms with van der Waals surface area (Å²) in [4.78, 5) is 2.52. The van der Waals surface area contributed by atoms with Gasteiger partial charge in [-0.1, -0.05) is 0 Å². The number of methoxy groups -OCH3 is 1. The molecule has 1 N–H and O–H groups in total. The van der Waals surface area contributed by atoms with Crippen molar-refractivity contribution in [2.24, 2.45) is 0 Å². The lowest BCUT2D eigenvalue weighted by Crippen LogP contribution is -2.49. The van der Waals surface area contributed by atoms with Crippen LogP contribution in [0.2, 0.25) is 0 Å². The predicted octanol–water partition coefficient (Wildman–Crippen LogP) is 1.10. The van der Waals surface area contributed by atoms with Crippen LogP contribution in [0.1, 0.15) is 27.2 Å². The van der Waals surface area contributed by atoms with Gasteiger partial charge in [-0.3, -0.25) is 4.90 Å². The van der Waals surface area contributed by atoms with Gasteiger partial charge in [-0.25, -0.2) is 0 Å². The fraction of sp³-hybridized carbons (Fsp3) is 1.00. The Hall–Kier alpha value is -0.120. The first-order chi connectivity index (χ1) is 6.55. The second kappa shape index (κ2) is 5.10. The molecule has 0 amide bonds. The van der Waals surface area contributed by atoms with Crippen molar-refractivity contribution < 1.29 is 4.74 Å². The van der Waals surface area contributed by atoms with Gasteiger partial charge < -0.3 is 10.1 Å². The van der Waals surface area contributed by atoms with Gasteiger partial charge in [0, 0.05) is 25.2 Å². The highest BCUT2D eigenvalue weighted by Crippen LogP contribution is 2.13. The maximum Gasteiger partial charge on any atom is 0.0615 e.